The molecule has 1 aromatic heterocycles. The van der Waals surface area contributed by atoms with Crippen LogP contribution >= 0.6 is 0 Å². The Bertz CT molecular complexity index is 378. The predicted octanol–water partition coefficient (Wildman–Crippen LogP) is 2.70. The Hall–Kier alpha value is -0.960. The third kappa shape index (κ3) is 2.59. The molecule has 0 atom stereocenters. The molecular weight excluding hydrogens is 200 g/mol. The summed E-state index contributed by atoms with van der Waals surface area (Å²) in [7, 11) is 0. The molecule has 0 aliphatic heterocycles. The van der Waals surface area contributed by atoms with Gasteiger partial charge in [-0.15, -0.1) is 0 Å². The fraction of sp³-hybridized carbons (Fsp3) is 0.692. The highest BCUT2D eigenvalue weighted by Crippen LogP contribution is 2.26. The molecule has 0 unspecified atom stereocenters. The number of nitrogens with zero attached hydrogens (tertiary/aromatic N) is 2. The summed E-state index contributed by atoms with van der Waals surface area (Å²) >= 11 is 0. The van der Waals surface area contributed by atoms with Gasteiger partial charge in [0.15, 0.2) is 0 Å². The van der Waals surface area contributed by atoms with E-state index < -0.39 is 0 Å². The van der Waals surface area contributed by atoms with Crippen LogP contribution in [0.15, 0.2) is 0 Å². The molecule has 1 heterocycles. The molecule has 90 valence electrons. The lowest BCUT2D eigenvalue weighted by atomic mass is 9.89. The van der Waals surface area contributed by atoms with Crippen molar-refractivity contribution in [2.45, 2.75) is 59.5 Å². The summed E-state index contributed by atoms with van der Waals surface area (Å²) in [4.78, 5) is 9.16. The van der Waals surface area contributed by atoms with Gasteiger partial charge in [0.1, 0.15) is 0 Å². The highest BCUT2D eigenvalue weighted by molar-refractivity contribution is 5.26. The molecule has 0 aliphatic carbocycles. The van der Waals surface area contributed by atoms with Crippen LogP contribution in [0, 0.1) is 6.92 Å². The average molecular weight is 222 g/mol. The average Bonchev–Trinajstić information content (AvgIpc) is 2.15. The number of hydrogen-bond acceptors (Lipinski definition) is 3. The maximum absolute atomic E-state index is 9.38. The maximum atomic E-state index is 9.38. The van der Waals surface area contributed by atoms with Crippen molar-refractivity contribution in [3.05, 3.63) is 22.8 Å². The van der Waals surface area contributed by atoms with Crippen molar-refractivity contribution in [3.8, 4) is 0 Å². The zero-order valence-electron chi connectivity index (χ0n) is 11.1. The summed E-state index contributed by atoms with van der Waals surface area (Å²) in [6, 6.07) is 0. The van der Waals surface area contributed by atoms with Crippen molar-refractivity contribution in [2.75, 3.05) is 0 Å². The minimum atomic E-state index is -0.0780. The van der Waals surface area contributed by atoms with Crippen LogP contribution in [0.4, 0.5) is 0 Å². The third-order valence-corrected chi connectivity index (χ3v) is 2.59. The second-order valence-corrected chi connectivity index (χ2v) is 5.55. The monoisotopic (exact) mass is 222 g/mol. The van der Waals surface area contributed by atoms with E-state index >= 15 is 0 Å². The minimum Gasteiger partial charge on any atom is -0.390 e. The van der Waals surface area contributed by atoms with Crippen molar-refractivity contribution in [1.29, 1.82) is 0 Å². The second kappa shape index (κ2) is 4.50. The van der Waals surface area contributed by atoms with Gasteiger partial charge in [0.2, 0.25) is 0 Å². The molecule has 1 N–H and O–H groups in total. The molecule has 1 aromatic rings. The minimum absolute atomic E-state index is 0.0421. The summed E-state index contributed by atoms with van der Waals surface area (Å²) in [5.41, 5.74) is 3.48. The molecule has 1 rings (SSSR count). The van der Waals surface area contributed by atoms with Crippen molar-refractivity contribution >= 4 is 0 Å². The van der Waals surface area contributed by atoms with Gasteiger partial charge in [-0.1, -0.05) is 34.6 Å². The number of aliphatic hydroxyl groups is 1. The number of hydrogen-bond donors (Lipinski definition) is 1. The van der Waals surface area contributed by atoms with Crippen LogP contribution in [0.2, 0.25) is 0 Å². The summed E-state index contributed by atoms with van der Waals surface area (Å²) in [6.45, 7) is 12.4. The number of rotatable bonds is 2. The van der Waals surface area contributed by atoms with Crippen molar-refractivity contribution in [2.24, 2.45) is 0 Å². The Morgan fingerprint density at radius 3 is 2.12 bits per heavy atom. The molecule has 0 bridgehead atoms. The van der Waals surface area contributed by atoms with Crippen LogP contribution in [0.25, 0.3) is 0 Å². The predicted molar refractivity (Wildman–Crippen MR) is 65.5 cm³/mol. The quantitative estimate of drug-likeness (QED) is 0.836. The van der Waals surface area contributed by atoms with Gasteiger partial charge in [-0.3, -0.25) is 9.97 Å². The van der Waals surface area contributed by atoms with Gasteiger partial charge in [0, 0.05) is 5.41 Å². The molecule has 0 aliphatic rings. The van der Waals surface area contributed by atoms with E-state index in [2.05, 4.69) is 44.6 Å². The van der Waals surface area contributed by atoms with Gasteiger partial charge in [0.05, 0.1) is 29.4 Å². The Balaban J connectivity index is 3.38. The Labute approximate surface area is 97.9 Å². The summed E-state index contributed by atoms with van der Waals surface area (Å²) < 4.78 is 0. The van der Waals surface area contributed by atoms with Crippen LogP contribution < -0.4 is 0 Å². The molecule has 0 spiro atoms. The van der Waals surface area contributed by atoms with E-state index in [1.54, 1.807) is 0 Å². The SMILES string of the molecule is Cc1nc(C(C)(C)C)c(CO)nc1C(C)C. The van der Waals surface area contributed by atoms with E-state index in [0.29, 0.717) is 11.6 Å². The zero-order valence-corrected chi connectivity index (χ0v) is 11.1. The lowest BCUT2D eigenvalue weighted by Crippen LogP contribution is -2.20. The molecular formula is C13H22N2O. The maximum Gasteiger partial charge on any atom is 0.0882 e. The van der Waals surface area contributed by atoms with Crippen LogP contribution in [-0.4, -0.2) is 15.1 Å². The molecule has 0 amide bonds. The molecule has 0 saturated heterocycles. The first-order valence-electron chi connectivity index (χ1n) is 5.76. The lowest BCUT2D eigenvalue weighted by molar-refractivity contribution is 0.271. The first-order valence-corrected chi connectivity index (χ1v) is 5.76. The van der Waals surface area contributed by atoms with Crippen LogP contribution in [-0.2, 0) is 12.0 Å². The highest BCUT2D eigenvalue weighted by atomic mass is 16.3. The Morgan fingerprint density at radius 2 is 1.75 bits per heavy atom. The van der Waals surface area contributed by atoms with Gasteiger partial charge < -0.3 is 5.11 Å². The van der Waals surface area contributed by atoms with Crippen LogP contribution in [0.5, 0.6) is 0 Å². The lowest BCUT2D eigenvalue weighted by Gasteiger charge is -2.22. The first-order chi connectivity index (χ1) is 7.27. The highest BCUT2D eigenvalue weighted by Gasteiger charge is 2.22. The first kappa shape index (κ1) is 13.1. The Kier molecular flexibility index (Phi) is 3.68. The fourth-order valence-electron chi connectivity index (χ4n) is 1.83. The molecule has 3 heteroatoms. The Morgan fingerprint density at radius 1 is 1.19 bits per heavy atom. The standard InChI is InChI=1S/C13H22N2O/c1-8(2)11-9(3)14-12(13(4,5)6)10(7-16)15-11/h8,16H,7H2,1-6H3. The topological polar surface area (TPSA) is 46.0 Å². The van der Waals surface area contributed by atoms with E-state index in [0.717, 1.165) is 17.1 Å². The molecule has 16 heavy (non-hydrogen) atoms. The molecule has 3 nitrogen and oxygen atoms in total. The van der Waals surface area contributed by atoms with Gasteiger partial charge in [-0.2, -0.15) is 0 Å². The molecule has 0 saturated carbocycles. The van der Waals surface area contributed by atoms with Crippen molar-refractivity contribution < 1.29 is 5.11 Å². The second-order valence-electron chi connectivity index (χ2n) is 5.55. The van der Waals surface area contributed by atoms with E-state index in [1.165, 1.54) is 0 Å². The number of aliphatic hydroxyl groups excluding tert-OH is 1. The summed E-state index contributed by atoms with van der Waals surface area (Å²) in [5.74, 6) is 0.340. The van der Waals surface area contributed by atoms with Crippen LogP contribution in [0.3, 0.4) is 0 Å². The normalized spacial score (nSPS) is 12.2. The van der Waals surface area contributed by atoms with E-state index in [9.17, 15) is 5.11 Å². The van der Waals surface area contributed by atoms with Gasteiger partial charge >= 0.3 is 0 Å². The van der Waals surface area contributed by atoms with Crippen molar-refractivity contribution in [3.63, 3.8) is 0 Å². The summed E-state index contributed by atoms with van der Waals surface area (Å²) in [5, 5.41) is 9.38. The smallest absolute Gasteiger partial charge is 0.0882 e. The zero-order chi connectivity index (χ0) is 12.5. The van der Waals surface area contributed by atoms with E-state index in [4.69, 9.17) is 0 Å². The van der Waals surface area contributed by atoms with Gasteiger partial charge in [-0.05, 0) is 12.8 Å². The molecule has 0 radical (unpaired) electrons. The summed E-state index contributed by atoms with van der Waals surface area (Å²) in [6.07, 6.45) is 0. The van der Waals surface area contributed by atoms with Gasteiger partial charge in [0.25, 0.3) is 0 Å². The van der Waals surface area contributed by atoms with E-state index in [-0.39, 0.29) is 12.0 Å². The fourth-order valence-corrected chi connectivity index (χ4v) is 1.83. The molecule has 0 aromatic carbocycles. The van der Waals surface area contributed by atoms with Crippen LogP contribution in [0.1, 0.15) is 63.3 Å². The third-order valence-electron chi connectivity index (χ3n) is 2.59. The largest absolute Gasteiger partial charge is 0.390 e. The molecule has 0 fully saturated rings. The van der Waals surface area contributed by atoms with Crippen molar-refractivity contribution in [1.82, 2.24) is 9.97 Å². The number of aryl methyl sites for hydroxylation is 1. The van der Waals surface area contributed by atoms with E-state index in [1.807, 2.05) is 6.92 Å². The van der Waals surface area contributed by atoms with Gasteiger partial charge in [-0.25, -0.2) is 0 Å². The number of aromatic nitrogens is 2.